The van der Waals surface area contributed by atoms with Crippen molar-refractivity contribution in [2.75, 3.05) is 5.32 Å². The van der Waals surface area contributed by atoms with Gasteiger partial charge in [-0.2, -0.15) is 0 Å². The van der Waals surface area contributed by atoms with Crippen LogP contribution in [0.2, 0.25) is 0 Å². The summed E-state index contributed by atoms with van der Waals surface area (Å²) >= 11 is 0. The molecule has 0 bridgehead atoms. The standard InChI is InChI=1S/C15H19N3O2/c1-10(2)9-11(3)17-13-6-7-14(18(19)20)12-5-4-8-16-15(12)13/h4-8,10-11,17H,9H2,1-3H3. The van der Waals surface area contributed by atoms with Crippen molar-refractivity contribution in [1.82, 2.24) is 4.98 Å². The van der Waals surface area contributed by atoms with Crippen LogP contribution in [0.15, 0.2) is 30.5 Å². The highest BCUT2D eigenvalue weighted by Gasteiger charge is 2.16. The first-order valence-electron chi connectivity index (χ1n) is 6.77. The number of nitrogens with zero attached hydrogens (tertiary/aromatic N) is 2. The van der Waals surface area contributed by atoms with Crippen molar-refractivity contribution >= 4 is 22.3 Å². The molecule has 0 aliphatic heterocycles. The Morgan fingerprint density at radius 3 is 2.70 bits per heavy atom. The van der Waals surface area contributed by atoms with Crippen molar-refractivity contribution in [1.29, 1.82) is 0 Å². The SMILES string of the molecule is CC(C)CC(C)Nc1ccc([N+](=O)[O-])c2cccnc12. The van der Waals surface area contributed by atoms with E-state index < -0.39 is 0 Å². The van der Waals surface area contributed by atoms with Gasteiger partial charge in [0.1, 0.15) is 5.52 Å². The number of benzene rings is 1. The molecule has 1 aromatic carbocycles. The number of nitro benzene ring substituents is 1. The largest absolute Gasteiger partial charge is 0.381 e. The third-order valence-corrected chi connectivity index (χ3v) is 3.17. The van der Waals surface area contributed by atoms with Gasteiger partial charge in [-0.25, -0.2) is 0 Å². The fourth-order valence-corrected chi connectivity index (χ4v) is 2.46. The number of hydrogen-bond acceptors (Lipinski definition) is 4. The second-order valence-electron chi connectivity index (χ2n) is 5.46. The van der Waals surface area contributed by atoms with E-state index in [1.165, 1.54) is 6.07 Å². The first kappa shape index (κ1) is 14.2. The van der Waals surface area contributed by atoms with E-state index in [1.54, 1.807) is 24.4 Å². The minimum absolute atomic E-state index is 0.0927. The van der Waals surface area contributed by atoms with E-state index in [0.717, 1.165) is 12.1 Å². The first-order valence-corrected chi connectivity index (χ1v) is 6.77. The lowest BCUT2D eigenvalue weighted by Crippen LogP contribution is -2.17. The maximum Gasteiger partial charge on any atom is 0.278 e. The van der Waals surface area contributed by atoms with Crippen molar-refractivity contribution in [3.05, 3.63) is 40.6 Å². The normalized spacial score (nSPS) is 12.6. The number of fused-ring (bicyclic) bond motifs is 1. The Bertz CT molecular complexity index is 626. The Hall–Kier alpha value is -2.17. The Balaban J connectivity index is 2.40. The molecule has 5 nitrogen and oxygen atoms in total. The molecule has 0 saturated carbocycles. The Kier molecular flexibility index (Phi) is 4.17. The van der Waals surface area contributed by atoms with Gasteiger partial charge in [0.2, 0.25) is 0 Å². The maximum atomic E-state index is 11.1. The van der Waals surface area contributed by atoms with Crippen LogP contribution in [0.3, 0.4) is 0 Å². The molecule has 1 N–H and O–H groups in total. The summed E-state index contributed by atoms with van der Waals surface area (Å²) in [4.78, 5) is 15.0. The second-order valence-corrected chi connectivity index (χ2v) is 5.46. The number of nitrogens with one attached hydrogen (secondary N) is 1. The van der Waals surface area contributed by atoms with Gasteiger partial charge in [-0.1, -0.05) is 13.8 Å². The number of hydrogen-bond donors (Lipinski definition) is 1. The summed E-state index contributed by atoms with van der Waals surface area (Å²) < 4.78 is 0. The third-order valence-electron chi connectivity index (χ3n) is 3.17. The summed E-state index contributed by atoms with van der Waals surface area (Å²) in [6.07, 6.45) is 2.69. The van der Waals surface area contributed by atoms with Crippen LogP contribution in [0.5, 0.6) is 0 Å². The molecule has 1 atom stereocenters. The van der Waals surface area contributed by atoms with Crippen molar-refractivity contribution in [3.63, 3.8) is 0 Å². The molecule has 0 amide bonds. The molecule has 0 aliphatic rings. The summed E-state index contributed by atoms with van der Waals surface area (Å²) in [5, 5.41) is 15.0. The third kappa shape index (κ3) is 3.04. The van der Waals surface area contributed by atoms with E-state index in [-0.39, 0.29) is 10.6 Å². The highest BCUT2D eigenvalue weighted by atomic mass is 16.6. The summed E-state index contributed by atoms with van der Waals surface area (Å²) in [6.45, 7) is 6.45. The molecule has 0 radical (unpaired) electrons. The minimum Gasteiger partial charge on any atom is -0.381 e. The zero-order valence-corrected chi connectivity index (χ0v) is 12.0. The highest BCUT2D eigenvalue weighted by Crippen LogP contribution is 2.30. The molecule has 0 fully saturated rings. The molecule has 1 unspecified atom stereocenters. The lowest BCUT2D eigenvalue weighted by Gasteiger charge is -2.18. The average Bonchev–Trinajstić information content (AvgIpc) is 2.37. The lowest BCUT2D eigenvalue weighted by atomic mass is 10.0. The van der Waals surface area contributed by atoms with Crippen molar-refractivity contribution < 1.29 is 4.92 Å². The number of aromatic nitrogens is 1. The summed E-state index contributed by atoms with van der Waals surface area (Å²) in [5.74, 6) is 0.592. The predicted octanol–water partition coefficient (Wildman–Crippen LogP) is 3.99. The Morgan fingerprint density at radius 1 is 1.30 bits per heavy atom. The Morgan fingerprint density at radius 2 is 2.05 bits per heavy atom. The van der Waals surface area contributed by atoms with Crippen LogP contribution >= 0.6 is 0 Å². The van der Waals surface area contributed by atoms with E-state index in [1.807, 2.05) is 0 Å². The van der Waals surface area contributed by atoms with Gasteiger partial charge in [-0.05, 0) is 37.5 Å². The molecule has 5 heteroatoms. The highest BCUT2D eigenvalue weighted by molar-refractivity contribution is 5.96. The van der Waals surface area contributed by atoms with Gasteiger partial charge < -0.3 is 5.32 Å². The first-order chi connectivity index (χ1) is 9.49. The quantitative estimate of drug-likeness (QED) is 0.660. The molecule has 1 aromatic heterocycles. The minimum atomic E-state index is -0.370. The van der Waals surface area contributed by atoms with Gasteiger partial charge in [0, 0.05) is 18.3 Å². The zero-order valence-electron chi connectivity index (χ0n) is 12.0. The van der Waals surface area contributed by atoms with E-state index >= 15 is 0 Å². The average molecular weight is 273 g/mol. The van der Waals surface area contributed by atoms with Crippen LogP contribution in [0.4, 0.5) is 11.4 Å². The van der Waals surface area contributed by atoms with Crippen LogP contribution in [0, 0.1) is 16.0 Å². The second kappa shape index (κ2) is 5.86. The van der Waals surface area contributed by atoms with Gasteiger partial charge in [-0.3, -0.25) is 15.1 Å². The molecule has 2 rings (SSSR count). The molecular formula is C15H19N3O2. The van der Waals surface area contributed by atoms with E-state index in [9.17, 15) is 10.1 Å². The smallest absolute Gasteiger partial charge is 0.278 e. The Labute approximate surface area is 118 Å². The van der Waals surface area contributed by atoms with Gasteiger partial charge in [0.05, 0.1) is 16.0 Å². The number of rotatable bonds is 5. The fraction of sp³-hybridized carbons (Fsp3) is 0.400. The topological polar surface area (TPSA) is 68.1 Å². The number of anilines is 1. The summed E-state index contributed by atoms with van der Waals surface area (Å²) in [5.41, 5.74) is 1.59. The van der Waals surface area contributed by atoms with Gasteiger partial charge in [0.15, 0.2) is 0 Å². The van der Waals surface area contributed by atoms with Crippen LogP contribution < -0.4 is 5.32 Å². The summed E-state index contributed by atoms with van der Waals surface area (Å²) in [7, 11) is 0. The fourth-order valence-electron chi connectivity index (χ4n) is 2.46. The van der Waals surface area contributed by atoms with E-state index in [2.05, 4.69) is 31.1 Å². The molecule has 106 valence electrons. The van der Waals surface area contributed by atoms with Gasteiger partial charge >= 0.3 is 0 Å². The van der Waals surface area contributed by atoms with E-state index in [4.69, 9.17) is 0 Å². The van der Waals surface area contributed by atoms with Crippen LogP contribution in [-0.2, 0) is 0 Å². The maximum absolute atomic E-state index is 11.1. The van der Waals surface area contributed by atoms with E-state index in [0.29, 0.717) is 22.9 Å². The molecule has 20 heavy (non-hydrogen) atoms. The molecule has 0 spiro atoms. The molecular weight excluding hydrogens is 254 g/mol. The lowest BCUT2D eigenvalue weighted by molar-refractivity contribution is -0.383. The molecule has 2 aromatic rings. The van der Waals surface area contributed by atoms with Crippen molar-refractivity contribution in [2.24, 2.45) is 5.92 Å². The predicted molar refractivity (Wildman–Crippen MR) is 80.9 cm³/mol. The molecule has 0 aliphatic carbocycles. The molecule has 1 heterocycles. The van der Waals surface area contributed by atoms with Gasteiger partial charge in [0.25, 0.3) is 5.69 Å². The van der Waals surface area contributed by atoms with Crippen molar-refractivity contribution in [2.45, 2.75) is 33.2 Å². The van der Waals surface area contributed by atoms with Crippen molar-refractivity contribution in [3.8, 4) is 0 Å². The van der Waals surface area contributed by atoms with Crippen LogP contribution in [-0.4, -0.2) is 15.9 Å². The molecule has 0 saturated heterocycles. The van der Waals surface area contributed by atoms with Crippen LogP contribution in [0.1, 0.15) is 27.2 Å². The van der Waals surface area contributed by atoms with Crippen LogP contribution in [0.25, 0.3) is 10.9 Å². The van der Waals surface area contributed by atoms with Gasteiger partial charge in [-0.15, -0.1) is 0 Å². The number of non-ortho nitro benzene ring substituents is 1. The number of nitro groups is 1. The summed E-state index contributed by atoms with van der Waals surface area (Å²) in [6, 6.07) is 7.02. The zero-order chi connectivity index (χ0) is 14.7. The monoisotopic (exact) mass is 273 g/mol. The number of pyridine rings is 1.